The van der Waals surface area contributed by atoms with E-state index in [9.17, 15) is 0 Å². The Bertz CT molecular complexity index is 591. The zero-order chi connectivity index (χ0) is 13.2. The summed E-state index contributed by atoms with van der Waals surface area (Å²) in [5.41, 5.74) is 8.72. The lowest BCUT2D eigenvalue weighted by atomic mass is 9.92. The van der Waals surface area contributed by atoms with Crippen LogP contribution < -0.4 is 0 Å². The molecule has 3 rings (SSSR count). The van der Waals surface area contributed by atoms with Gasteiger partial charge in [-0.3, -0.25) is 0 Å². The van der Waals surface area contributed by atoms with Crippen LogP contribution >= 0.6 is 0 Å². The number of benzene rings is 1. The molecule has 0 bridgehead atoms. The van der Waals surface area contributed by atoms with E-state index in [0.717, 1.165) is 6.42 Å². The van der Waals surface area contributed by atoms with Gasteiger partial charge >= 0.3 is 0 Å². The predicted molar refractivity (Wildman–Crippen MR) is 83.8 cm³/mol. The number of hydrogen-bond donors (Lipinski definition) is 0. The van der Waals surface area contributed by atoms with Gasteiger partial charge in [0.1, 0.15) is 0 Å². The maximum atomic E-state index is 3.80. The molecular weight excluding hydrogens is 228 g/mol. The van der Waals surface area contributed by atoms with Crippen molar-refractivity contribution in [2.45, 2.75) is 32.6 Å². The number of allylic oxidation sites excluding steroid dienone is 6. The van der Waals surface area contributed by atoms with Crippen molar-refractivity contribution in [1.29, 1.82) is 0 Å². The van der Waals surface area contributed by atoms with E-state index in [0.29, 0.717) is 0 Å². The molecule has 0 nitrogen and oxygen atoms in total. The quantitative estimate of drug-likeness (QED) is 0.658. The minimum Gasteiger partial charge on any atom is -0.0985 e. The van der Waals surface area contributed by atoms with Crippen LogP contribution in [-0.4, -0.2) is 0 Å². The van der Waals surface area contributed by atoms with Crippen molar-refractivity contribution >= 4 is 11.6 Å². The smallest absolute Gasteiger partial charge is 0.00170 e. The summed E-state index contributed by atoms with van der Waals surface area (Å²) < 4.78 is 0. The van der Waals surface area contributed by atoms with Crippen LogP contribution in [0.15, 0.2) is 59.7 Å². The van der Waals surface area contributed by atoms with E-state index >= 15 is 0 Å². The van der Waals surface area contributed by atoms with Gasteiger partial charge in [0.25, 0.3) is 0 Å². The Morgan fingerprint density at radius 3 is 2.53 bits per heavy atom. The molecule has 0 N–H and O–H groups in total. The fraction of sp³-hybridized carbons (Fsp3) is 0.263. The van der Waals surface area contributed by atoms with Gasteiger partial charge in [-0.15, -0.1) is 0 Å². The van der Waals surface area contributed by atoms with Gasteiger partial charge in [-0.2, -0.15) is 0 Å². The molecule has 0 amide bonds. The standard InChI is InChI=1S/C19H20/c1-3-14-5-8-16(9-6-14)19-12-17-10-7-15(4-2)11-18(17)13-19/h3,5-6,8-9,11-12H,1,4,7,10,13H2,2H3. The van der Waals surface area contributed by atoms with Crippen molar-refractivity contribution in [2.24, 2.45) is 0 Å². The van der Waals surface area contributed by atoms with Crippen molar-refractivity contribution in [3.8, 4) is 0 Å². The number of hydrogen-bond acceptors (Lipinski definition) is 0. The summed E-state index contributed by atoms with van der Waals surface area (Å²) in [6.45, 7) is 6.06. The van der Waals surface area contributed by atoms with E-state index < -0.39 is 0 Å². The second-order valence-corrected chi connectivity index (χ2v) is 5.38. The highest BCUT2D eigenvalue weighted by Gasteiger charge is 2.19. The Balaban J connectivity index is 1.83. The molecule has 0 aromatic heterocycles. The summed E-state index contributed by atoms with van der Waals surface area (Å²) in [4.78, 5) is 0. The summed E-state index contributed by atoms with van der Waals surface area (Å²) in [6, 6.07) is 8.72. The molecule has 0 spiro atoms. The second-order valence-electron chi connectivity index (χ2n) is 5.38. The summed E-state index contributed by atoms with van der Waals surface area (Å²) in [5.74, 6) is 0. The zero-order valence-corrected chi connectivity index (χ0v) is 11.6. The van der Waals surface area contributed by atoms with Crippen LogP contribution in [-0.2, 0) is 0 Å². The van der Waals surface area contributed by atoms with Crippen LogP contribution in [0.25, 0.3) is 11.6 Å². The van der Waals surface area contributed by atoms with Gasteiger partial charge in [0, 0.05) is 0 Å². The van der Waals surface area contributed by atoms with Crippen molar-refractivity contribution in [3.05, 3.63) is 70.8 Å². The first-order valence-corrected chi connectivity index (χ1v) is 7.15. The Morgan fingerprint density at radius 1 is 1.05 bits per heavy atom. The van der Waals surface area contributed by atoms with E-state index in [1.165, 1.54) is 36.0 Å². The van der Waals surface area contributed by atoms with Gasteiger partial charge < -0.3 is 0 Å². The molecule has 0 unspecified atom stereocenters. The van der Waals surface area contributed by atoms with Gasteiger partial charge in [0.05, 0.1) is 0 Å². The zero-order valence-electron chi connectivity index (χ0n) is 11.6. The second kappa shape index (κ2) is 5.05. The molecule has 0 radical (unpaired) electrons. The summed E-state index contributed by atoms with van der Waals surface area (Å²) in [6.07, 6.45) is 11.5. The first-order chi connectivity index (χ1) is 9.30. The molecule has 0 heteroatoms. The van der Waals surface area contributed by atoms with Crippen LogP contribution in [0.4, 0.5) is 0 Å². The highest BCUT2D eigenvalue weighted by Crippen LogP contribution is 2.39. The van der Waals surface area contributed by atoms with E-state index in [1.807, 2.05) is 6.08 Å². The monoisotopic (exact) mass is 248 g/mol. The van der Waals surface area contributed by atoms with Gasteiger partial charge in [-0.25, -0.2) is 0 Å². The third kappa shape index (κ3) is 2.35. The highest BCUT2D eigenvalue weighted by molar-refractivity contribution is 5.76. The molecule has 0 fully saturated rings. The van der Waals surface area contributed by atoms with Crippen LogP contribution in [0, 0.1) is 0 Å². The van der Waals surface area contributed by atoms with Crippen LogP contribution in [0.1, 0.15) is 43.7 Å². The predicted octanol–water partition coefficient (Wildman–Crippen LogP) is 5.54. The fourth-order valence-corrected chi connectivity index (χ4v) is 2.96. The lowest BCUT2D eigenvalue weighted by molar-refractivity contribution is 0.861. The molecule has 0 saturated carbocycles. The highest BCUT2D eigenvalue weighted by atomic mass is 14.2. The molecule has 2 aliphatic carbocycles. The minimum absolute atomic E-state index is 1.10. The normalized spacial score (nSPS) is 17.9. The summed E-state index contributed by atoms with van der Waals surface area (Å²) in [7, 11) is 0. The average Bonchev–Trinajstić information content (AvgIpc) is 2.90. The minimum atomic E-state index is 1.10. The molecule has 0 saturated heterocycles. The van der Waals surface area contributed by atoms with E-state index in [1.54, 1.807) is 16.7 Å². The molecule has 0 aliphatic heterocycles. The summed E-state index contributed by atoms with van der Waals surface area (Å²) in [5, 5.41) is 0. The van der Waals surface area contributed by atoms with Gasteiger partial charge in [0.2, 0.25) is 0 Å². The first-order valence-electron chi connectivity index (χ1n) is 7.15. The topological polar surface area (TPSA) is 0 Å². The number of rotatable bonds is 3. The van der Waals surface area contributed by atoms with Crippen LogP contribution in [0.5, 0.6) is 0 Å². The molecule has 0 atom stereocenters. The fourth-order valence-electron chi connectivity index (χ4n) is 2.96. The van der Waals surface area contributed by atoms with Crippen molar-refractivity contribution in [3.63, 3.8) is 0 Å². The molecule has 19 heavy (non-hydrogen) atoms. The van der Waals surface area contributed by atoms with Crippen LogP contribution in [0.3, 0.4) is 0 Å². The lowest BCUT2D eigenvalue weighted by Gasteiger charge is -2.13. The molecule has 0 heterocycles. The third-order valence-electron chi connectivity index (χ3n) is 4.21. The maximum absolute atomic E-state index is 3.80. The molecule has 2 aliphatic rings. The van der Waals surface area contributed by atoms with E-state index in [2.05, 4.69) is 49.9 Å². The lowest BCUT2D eigenvalue weighted by Crippen LogP contribution is -1.94. The largest absolute Gasteiger partial charge is 0.0985 e. The SMILES string of the molecule is C=Cc1ccc(C2=CC3=C(C=C(CC)CC3)C2)cc1. The third-order valence-corrected chi connectivity index (χ3v) is 4.21. The molecule has 1 aromatic rings. The van der Waals surface area contributed by atoms with Crippen molar-refractivity contribution in [1.82, 2.24) is 0 Å². The first kappa shape index (κ1) is 12.2. The van der Waals surface area contributed by atoms with Gasteiger partial charge in [0.15, 0.2) is 0 Å². The van der Waals surface area contributed by atoms with Crippen LogP contribution in [0.2, 0.25) is 0 Å². The molecule has 96 valence electrons. The van der Waals surface area contributed by atoms with Crippen molar-refractivity contribution < 1.29 is 0 Å². The van der Waals surface area contributed by atoms with E-state index in [-0.39, 0.29) is 0 Å². The summed E-state index contributed by atoms with van der Waals surface area (Å²) >= 11 is 0. The Labute approximate surface area is 115 Å². The van der Waals surface area contributed by atoms with Gasteiger partial charge in [-0.1, -0.05) is 61.6 Å². The van der Waals surface area contributed by atoms with E-state index in [4.69, 9.17) is 0 Å². The maximum Gasteiger partial charge on any atom is -0.00170 e. The Morgan fingerprint density at radius 2 is 1.84 bits per heavy atom. The van der Waals surface area contributed by atoms with Crippen molar-refractivity contribution in [2.75, 3.05) is 0 Å². The molecular formula is C19H20. The Kier molecular flexibility index (Phi) is 3.25. The average molecular weight is 248 g/mol. The van der Waals surface area contributed by atoms with Gasteiger partial charge in [-0.05, 0) is 53.5 Å². The Hall–Kier alpha value is -1.82. The molecule has 1 aromatic carbocycles.